The summed E-state index contributed by atoms with van der Waals surface area (Å²) in [7, 11) is 0. The molecule has 0 bridgehead atoms. The Morgan fingerprint density at radius 1 is 1.47 bits per heavy atom. The van der Waals surface area contributed by atoms with E-state index in [1.807, 2.05) is 0 Å². The number of hydrogen-bond acceptors (Lipinski definition) is 4. The van der Waals surface area contributed by atoms with Gasteiger partial charge < -0.3 is 20.9 Å². The van der Waals surface area contributed by atoms with Crippen molar-refractivity contribution in [1.29, 1.82) is 0 Å². The van der Waals surface area contributed by atoms with Gasteiger partial charge in [0.1, 0.15) is 5.75 Å². The van der Waals surface area contributed by atoms with Crippen molar-refractivity contribution < 1.29 is 14.6 Å². The van der Waals surface area contributed by atoms with E-state index in [0.717, 1.165) is 0 Å². The highest BCUT2D eigenvalue weighted by molar-refractivity contribution is 5.76. The molecular formula is C12H18N2O3. The van der Waals surface area contributed by atoms with Crippen molar-refractivity contribution in [3.05, 3.63) is 24.3 Å². The van der Waals surface area contributed by atoms with Crippen molar-refractivity contribution >= 4 is 11.6 Å². The molecule has 0 fully saturated rings. The highest BCUT2D eigenvalue weighted by atomic mass is 16.5. The van der Waals surface area contributed by atoms with Crippen LogP contribution in [0.1, 0.15) is 13.3 Å². The second-order valence-electron chi connectivity index (χ2n) is 3.82. The fourth-order valence-corrected chi connectivity index (χ4v) is 1.18. The molecule has 0 radical (unpaired) electrons. The maximum atomic E-state index is 11.3. The number of aliphatic hydroxyl groups excluding tert-OH is 1. The Bertz CT molecular complexity index is 349. The zero-order chi connectivity index (χ0) is 12.7. The molecule has 0 saturated heterocycles. The Balaban J connectivity index is 2.19. The summed E-state index contributed by atoms with van der Waals surface area (Å²) in [4.78, 5) is 11.3. The fraction of sp³-hybridized carbons (Fsp3) is 0.417. The number of carbonyl (C=O) groups excluding carboxylic acids is 1. The van der Waals surface area contributed by atoms with Gasteiger partial charge in [0.15, 0.2) is 0 Å². The van der Waals surface area contributed by atoms with E-state index < -0.39 is 6.10 Å². The highest BCUT2D eigenvalue weighted by Crippen LogP contribution is 2.12. The summed E-state index contributed by atoms with van der Waals surface area (Å²) in [5.74, 6) is 0.545. The third-order valence-corrected chi connectivity index (χ3v) is 2.07. The molecule has 0 aliphatic rings. The van der Waals surface area contributed by atoms with Crippen LogP contribution in [0, 0.1) is 0 Å². The monoisotopic (exact) mass is 238 g/mol. The summed E-state index contributed by atoms with van der Waals surface area (Å²) >= 11 is 0. The number of anilines is 1. The number of nitrogens with one attached hydrogen (secondary N) is 1. The summed E-state index contributed by atoms with van der Waals surface area (Å²) in [6, 6.07) is 6.98. The Morgan fingerprint density at radius 2 is 2.12 bits per heavy atom. The molecule has 0 aliphatic heterocycles. The first-order chi connectivity index (χ1) is 8.08. The Morgan fingerprint density at radius 3 is 2.71 bits per heavy atom. The average molecular weight is 238 g/mol. The Hall–Kier alpha value is -1.75. The lowest BCUT2D eigenvalue weighted by Crippen LogP contribution is -2.31. The predicted molar refractivity (Wildman–Crippen MR) is 65.7 cm³/mol. The molecule has 1 rings (SSSR count). The van der Waals surface area contributed by atoms with Crippen molar-refractivity contribution in [2.45, 2.75) is 19.4 Å². The molecular weight excluding hydrogens is 220 g/mol. The third-order valence-electron chi connectivity index (χ3n) is 2.07. The number of nitrogens with two attached hydrogens (primary N) is 1. The van der Waals surface area contributed by atoms with E-state index in [4.69, 9.17) is 15.6 Å². The molecule has 5 nitrogen and oxygen atoms in total. The summed E-state index contributed by atoms with van der Waals surface area (Å²) in [6.07, 6.45) is -0.270. The maximum Gasteiger partial charge on any atom is 0.223 e. The lowest BCUT2D eigenvalue weighted by atomic mass is 10.3. The zero-order valence-electron chi connectivity index (χ0n) is 9.85. The number of carbonyl (C=O) groups is 1. The lowest BCUT2D eigenvalue weighted by molar-refractivity contribution is -0.122. The average Bonchev–Trinajstić information content (AvgIpc) is 2.29. The van der Waals surface area contributed by atoms with Crippen LogP contribution in [0.5, 0.6) is 5.75 Å². The number of nitrogen functional groups attached to an aromatic ring is 1. The van der Waals surface area contributed by atoms with Crippen LogP contribution in [0.3, 0.4) is 0 Å². The molecule has 94 valence electrons. The summed E-state index contributed by atoms with van der Waals surface area (Å²) < 4.78 is 5.36. The maximum absolute atomic E-state index is 11.3. The van der Waals surface area contributed by atoms with Gasteiger partial charge in [-0.3, -0.25) is 4.79 Å². The lowest BCUT2D eigenvalue weighted by Gasteiger charge is -2.08. The van der Waals surface area contributed by atoms with Gasteiger partial charge in [-0.05, 0) is 31.2 Å². The van der Waals surface area contributed by atoms with E-state index in [-0.39, 0.29) is 18.9 Å². The van der Waals surface area contributed by atoms with Crippen LogP contribution in [-0.4, -0.2) is 30.3 Å². The van der Waals surface area contributed by atoms with Crippen LogP contribution in [0.25, 0.3) is 0 Å². The molecule has 0 aromatic heterocycles. The van der Waals surface area contributed by atoms with Crippen LogP contribution in [0.4, 0.5) is 5.69 Å². The second-order valence-corrected chi connectivity index (χ2v) is 3.82. The molecule has 1 atom stereocenters. The van der Waals surface area contributed by atoms with Gasteiger partial charge in [0.05, 0.1) is 19.1 Å². The van der Waals surface area contributed by atoms with Gasteiger partial charge in [-0.1, -0.05) is 0 Å². The van der Waals surface area contributed by atoms with Crippen LogP contribution in [0.15, 0.2) is 24.3 Å². The molecule has 17 heavy (non-hydrogen) atoms. The van der Waals surface area contributed by atoms with Gasteiger partial charge in [-0.25, -0.2) is 0 Å². The number of ether oxygens (including phenoxy) is 1. The van der Waals surface area contributed by atoms with Crippen molar-refractivity contribution in [3.63, 3.8) is 0 Å². The van der Waals surface area contributed by atoms with E-state index in [1.54, 1.807) is 31.2 Å². The van der Waals surface area contributed by atoms with E-state index in [2.05, 4.69) is 5.32 Å². The fourth-order valence-electron chi connectivity index (χ4n) is 1.18. The standard InChI is InChI=1S/C12H18N2O3/c1-9(15)8-14-12(16)6-7-17-11-4-2-10(13)3-5-11/h2-5,9,15H,6-8,13H2,1H3,(H,14,16)/t9-/m0/s1. The smallest absolute Gasteiger partial charge is 0.223 e. The van der Waals surface area contributed by atoms with Crippen LogP contribution < -0.4 is 15.8 Å². The largest absolute Gasteiger partial charge is 0.493 e. The number of benzene rings is 1. The first-order valence-corrected chi connectivity index (χ1v) is 5.51. The van der Waals surface area contributed by atoms with E-state index in [1.165, 1.54) is 0 Å². The minimum absolute atomic E-state index is 0.138. The van der Waals surface area contributed by atoms with E-state index >= 15 is 0 Å². The highest BCUT2D eigenvalue weighted by Gasteiger charge is 2.03. The first kappa shape index (κ1) is 13.3. The molecule has 0 spiro atoms. The molecule has 1 aromatic rings. The quantitative estimate of drug-likeness (QED) is 0.631. The van der Waals surface area contributed by atoms with Gasteiger partial charge >= 0.3 is 0 Å². The summed E-state index contributed by atoms with van der Waals surface area (Å²) in [6.45, 7) is 2.18. The summed E-state index contributed by atoms with van der Waals surface area (Å²) in [5, 5.41) is 11.6. The predicted octanol–water partition coefficient (Wildman–Crippen LogP) is 0.535. The molecule has 0 heterocycles. The van der Waals surface area contributed by atoms with E-state index in [0.29, 0.717) is 18.0 Å². The van der Waals surface area contributed by atoms with Crippen molar-refractivity contribution in [3.8, 4) is 5.75 Å². The Kier molecular flexibility index (Phi) is 5.29. The number of rotatable bonds is 6. The topological polar surface area (TPSA) is 84.6 Å². The third kappa shape index (κ3) is 5.77. The first-order valence-electron chi connectivity index (χ1n) is 5.51. The van der Waals surface area contributed by atoms with Crippen LogP contribution >= 0.6 is 0 Å². The number of aliphatic hydroxyl groups is 1. The van der Waals surface area contributed by atoms with Gasteiger partial charge in [0.25, 0.3) is 0 Å². The van der Waals surface area contributed by atoms with Crippen molar-refractivity contribution in [1.82, 2.24) is 5.32 Å². The molecule has 4 N–H and O–H groups in total. The normalized spacial score (nSPS) is 11.9. The number of amides is 1. The zero-order valence-corrected chi connectivity index (χ0v) is 9.85. The minimum atomic E-state index is -0.531. The van der Waals surface area contributed by atoms with Crippen molar-refractivity contribution in [2.24, 2.45) is 0 Å². The van der Waals surface area contributed by atoms with Crippen LogP contribution in [-0.2, 0) is 4.79 Å². The summed E-state index contributed by atoms with van der Waals surface area (Å²) in [5.41, 5.74) is 6.20. The van der Waals surface area contributed by atoms with Gasteiger partial charge in [0, 0.05) is 12.2 Å². The molecule has 1 aromatic carbocycles. The van der Waals surface area contributed by atoms with Gasteiger partial charge in [-0.15, -0.1) is 0 Å². The van der Waals surface area contributed by atoms with Crippen LogP contribution in [0.2, 0.25) is 0 Å². The molecule has 1 amide bonds. The molecule has 5 heteroatoms. The van der Waals surface area contributed by atoms with Crippen molar-refractivity contribution in [2.75, 3.05) is 18.9 Å². The Labute approximate surface area is 101 Å². The number of hydrogen-bond donors (Lipinski definition) is 3. The second kappa shape index (κ2) is 6.75. The molecule has 0 unspecified atom stereocenters. The van der Waals surface area contributed by atoms with Gasteiger partial charge in [-0.2, -0.15) is 0 Å². The minimum Gasteiger partial charge on any atom is -0.493 e. The van der Waals surface area contributed by atoms with E-state index in [9.17, 15) is 4.79 Å². The SMILES string of the molecule is C[C@H](O)CNC(=O)CCOc1ccc(N)cc1. The van der Waals surface area contributed by atoms with Gasteiger partial charge in [0.2, 0.25) is 5.91 Å². The molecule has 0 saturated carbocycles. The molecule has 0 aliphatic carbocycles.